The van der Waals surface area contributed by atoms with Crippen LogP contribution in [-0.4, -0.2) is 30.8 Å². The highest BCUT2D eigenvalue weighted by atomic mass is 32.2. The zero-order valence-electron chi connectivity index (χ0n) is 13.9. The van der Waals surface area contributed by atoms with Crippen LogP contribution < -0.4 is 10.1 Å². The minimum atomic E-state index is -2.52. The number of nitriles is 1. The summed E-state index contributed by atoms with van der Waals surface area (Å²) in [4.78, 5) is 23.7. The highest BCUT2D eigenvalue weighted by Crippen LogP contribution is 2.26. The third kappa shape index (κ3) is 7.33. The lowest BCUT2D eigenvalue weighted by Crippen LogP contribution is -2.23. The van der Waals surface area contributed by atoms with Crippen molar-refractivity contribution in [2.75, 3.05) is 18.5 Å². The molecule has 2 rings (SSSR count). The van der Waals surface area contributed by atoms with Gasteiger partial charge < -0.3 is 14.8 Å². The zero-order chi connectivity index (χ0) is 19.6. The summed E-state index contributed by atoms with van der Waals surface area (Å²) in [7, 11) is 0. The highest BCUT2D eigenvalue weighted by molar-refractivity contribution is 7.99. The van der Waals surface area contributed by atoms with Gasteiger partial charge in [0.25, 0.3) is 11.7 Å². The van der Waals surface area contributed by atoms with Crippen LogP contribution in [-0.2, 0) is 14.3 Å². The maximum absolute atomic E-state index is 12.2. The molecule has 0 fully saturated rings. The third-order valence-electron chi connectivity index (χ3n) is 3.07. The standard InChI is InChI=1S/C18H14F2N2O4S/c19-18(20)27-15-7-3-13(4-8-15)22-16(23)10-26-17(24)11-25-14-5-1-12(9-21)2-6-14/h1-8,18H,10-11H2,(H,22,23). The first-order valence-electron chi connectivity index (χ1n) is 7.59. The van der Waals surface area contributed by atoms with Crippen molar-refractivity contribution in [1.29, 1.82) is 5.26 Å². The minimum absolute atomic E-state index is 0.370. The maximum atomic E-state index is 12.2. The van der Waals surface area contributed by atoms with Crippen LogP contribution in [0.4, 0.5) is 14.5 Å². The Balaban J connectivity index is 1.71. The van der Waals surface area contributed by atoms with Gasteiger partial charge in [0.15, 0.2) is 13.2 Å². The van der Waals surface area contributed by atoms with E-state index >= 15 is 0 Å². The van der Waals surface area contributed by atoms with Crippen molar-refractivity contribution in [3.8, 4) is 11.8 Å². The average Bonchev–Trinajstić information content (AvgIpc) is 2.66. The van der Waals surface area contributed by atoms with Crippen LogP contribution in [0.3, 0.4) is 0 Å². The molecular formula is C18H14F2N2O4S. The van der Waals surface area contributed by atoms with E-state index in [4.69, 9.17) is 14.7 Å². The Kier molecular flexibility index (Phi) is 7.58. The van der Waals surface area contributed by atoms with Gasteiger partial charge in [-0.2, -0.15) is 14.0 Å². The Morgan fingerprint density at radius 1 is 1.07 bits per heavy atom. The third-order valence-corrected chi connectivity index (χ3v) is 3.79. The van der Waals surface area contributed by atoms with Gasteiger partial charge in [0.05, 0.1) is 11.6 Å². The lowest BCUT2D eigenvalue weighted by atomic mass is 10.2. The van der Waals surface area contributed by atoms with Crippen LogP contribution in [0.25, 0.3) is 0 Å². The monoisotopic (exact) mass is 392 g/mol. The summed E-state index contributed by atoms with van der Waals surface area (Å²) < 4.78 is 34.4. The largest absolute Gasteiger partial charge is 0.482 e. The summed E-state index contributed by atoms with van der Waals surface area (Å²) in [5.41, 5.74) is 0.853. The summed E-state index contributed by atoms with van der Waals surface area (Å²) in [6.07, 6.45) is 0. The molecule has 0 heterocycles. The van der Waals surface area contributed by atoms with Crippen molar-refractivity contribution in [2.45, 2.75) is 10.7 Å². The second-order valence-electron chi connectivity index (χ2n) is 5.04. The van der Waals surface area contributed by atoms with Crippen molar-refractivity contribution in [3.63, 3.8) is 0 Å². The van der Waals surface area contributed by atoms with E-state index in [1.165, 1.54) is 36.4 Å². The van der Waals surface area contributed by atoms with Crippen molar-refractivity contribution < 1.29 is 27.8 Å². The summed E-state index contributed by atoms with van der Waals surface area (Å²) in [5.74, 6) is -3.44. The average molecular weight is 392 g/mol. The van der Waals surface area contributed by atoms with Gasteiger partial charge in [-0.15, -0.1) is 0 Å². The molecule has 1 N–H and O–H groups in total. The second kappa shape index (κ2) is 10.1. The number of benzene rings is 2. The predicted molar refractivity (Wildman–Crippen MR) is 94.5 cm³/mol. The molecule has 0 unspecified atom stereocenters. The number of esters is 1. The first-order chi connectivity index (χ1) is 13.0. The molecule has 1 amide bonds. The van der Waals surface area contributed by atoms with E-state index in [1.54, 1.807) is 12.1 Å². The zero-order valence-corrected chi connectivity index (χ0v) is 14.7. The number of rotatable bonds is 8. The molecule has 9 heteroatoms. The number of hydrogen-bond donors (Lipinski definition) is 1. The van der Waals surface area contributed by atoms with Crippen molar-refractivity contribution >= 4 is 29.3 Å². The number of nitrogens with one attached hydrogen (secondary N) is 1. The second-order valence-corrected chi connectivity index (χ2v) is 6.10. The Bertz CT molecular complexity index is 821. The molecule has 140 valence electrons. The summed E-state index contributed by atoms with van der Waals surface area (Å²) in [6.45, 7) is -0.901. The number of thioether (sulfide) groups is 1. The fourth-order valence-corrected chi connectivity index (χ4v) is 2.37. The molecule has 0 aromatic heterocycles. The lowest BCUT2D eigenvalue weighted by Gasteiger charge is -2.08. The first-order valence-corrected chi connectivity index (χ1v) is 8.47. The predicted octanol–water partition coefficient (Wildman–Crippen LogP) is 3.43. The number of alkyl halides is 2. The molecular weight excluding hydrogens is 378 g/mol. The van der Waals surface area contributed by atoms with Gasteiger partial charge in [-0.05, 0) is 48.5 Å². The maximum Gasteiger partial charge on any atom is 0.344 e. The number of carbonyl (C=O) groups is 2. The molecule has 0 radical (unpaired) electrons. The molecule has 27 heavy (non-hydrogen) atoms. The molecule has 0 aliphatic heterocycles. The molecule has 0 aliphatic carbocycles. The fraction of sp³-hybridized carbons (Fsp3) is 0.167. The Hall–Kier alpha value is -3.12. The van der Waals surface area contributed by atoms with Crippen LogP contribution >= 0.6 is 11.8 Å². The van der Waals surface area contributed by atoms with Gasteiger partial charge in [-0.3, -0.25) is 4.79 Å². The number of anilines is 1. The molecule has 2 aromatic rings. The molecule has 0 bridgehead atoms. The lowest BCUT2D eigenvalue weighted by molar-refractivity contribution is -0.149. The molecule has 0 saturated carbocycles. The number of halogens is 2. The van der Waals surface area contributed by atoms with Crippen molar-refractivity contribution in [3.05, 3.63) is 54.1 Å². The molecule has 0 spiro atoms. The topological polar surface area (TPSA) is 88.4 Å². The number of carbonyl (C=O) groups excluding carboxylic acids is 2. The Labute approximate surface area is 158 Å². The van der Waals surface area contributed by atoms with E-state index in [0.717, 1.165) is 0 Å². The van der Waals surface area contributed by atoms with Crippen LogP contribution in [0.5, 0.6) is 5.75 Å². The van der Waals surface area contributed by atoms with Gasteiger partial charge >= 0.3 is 5.97 Å². The molecule has 2 aromatic carbocycles. The summed E-state index contributed by atoms with van der Waals surface area (Å²) >= 11 is 0.401. The van der Waals surface area contributed by atoms with E-state index in [-0.39, 0.29) is 0 Å². The number of amides is 1. The Morgan fingerprint density at radius 2 is 1.74 bits per heavy atom. The first kappa shape index (κ1) is 20.2. The van der Waals surface area contributed by atoms with Crippen molar-refractivity contribution in [2.24, 2.45) is 0 Å². The van der Waals surface area contributed by atoms with Gasteiger partial charge in [0, 0.05) is 10.6 Å². The molecule has 0 atom stereocenters. The summed E-state index contributed by atoms with van der Waals surface area (Å²) in [6, 6.07) is 13.9. The van der Waals surface area contributed by atoms with E-state index in [1.807, 2.05) is 6.07 Å². The van der Waals surface area contributed by atoms with E-state index < -0.39 is 30.8 Å². The number of ether oxygens (including phenoxy) is 2. The van der Waals surface area contributed by atoms with Gasteiger partial charge in [0.1, 0.15) is 5.75 Å². The van der Waals surface area contributed by atoms with Crippen molar-refractivity contribution in [1.82, 2.24) is 0 Å². The Morgan fingerprint density at radius 3 is 2.33 bits per heavy atom. The molecule has 6 nitrogen and oxygen atoms in total. The molecule has 0 saturated heterocycles. The number of hydrogen-bond acceptors (Lipinski definition) is 6. The normalized spacial score (nSPS) is 10.1. The number of nitrogens with zero attached hydrogens (tertiary/aromatic N) is 1. The summed E-state index contributed by atoms with van der Waals surface area (Å²) in [5, 5.41) is 11.2. The highest BCUT2D eigenvalue weighted by Gasteiger charge is 2.10. The van der Waals surface area contributed by atoms with Crippen LogP contribution in [0.2, 0.25) is 0 Å². The SMILES string of the molecule is N#Cc1ccc(OCC(=O)OCC(=O)Nc2ccc(SC(F)F)cc2)cc1. The van der Waals surface area contributed by atoms with Crippen LogP contribution in [0, 0.1) is 11.3 Å². The quantitative estimate of drug-likeness (QED) is 0.547. The van der Waals surface area contributed by atoms with E-state index in [9.17, 15) is 18.4 Å². The van der Waals surface area contributed by atoms with Crippen LogP contribution in [0.15, 0.2) is 53.4 Å². The van der Waals surface area contributed by atoms with E-state index in [0.29, 0.717) is 33.7 Å². The van der Waals surface area contributed by atoms with Gasteiger partial charge in [-0.1, -0.05) is 11.8 Å². The fourth-order valence-electron chi connectivity index (χ4n) is 1.87. The molecule has 0 aliphatic rings. The smallest absolute Gasteiger partial charge is 0.344 e. The minimum Gasteiger partial charge on any atom is -0.482 e. The van der Waals surface area contributed by atoms with E-state index in [2.05, 4.69) is 5.32 Å². The van der Waals surface area contributed by atoms with Crippen LogP contribution in [0.1, 0.15) is 5.56 Å². The van der Waals surface area contributed by atoms with Gasteiger partial charge in [0.2, 0.25) is 0 Å². The van der Waals surface area contributed by atoms with Gasteiger partial charge in [-0.25, -0.2) is 4.79 Å².